The van der Waals surface area contributed by atoms with E-state index in [9.17, 15) is 0 Å². The Morgan fingerprint density at radius 1 is 1.24 bits per heavy atom. The van der Waals surface area contributed by atoms with Crippen LogP contribution in [0.4, 0.5) is 0 Å². The molecule has 1 N–H and O–H groups in total. The van der Waals surface area contributed by atoms with Crippen LogP contribution in [-0.4, -0.2) is 13.2 Å². The van der Waals surface area contributed by atoms with Gasteiger partial charge in [0.1, 0.15) is 5.75 Å². The highest BCUT2D eigenvalue weighted by atomic mass is 16.5. The molecule has 0 aliphatic carbocycles. The van der Waals surface area contributed by atoms with Crippen molar-refractivity contribution in [3.8, 4) is 18.1 Å². The van der Waals surface area contributed by atoms with Gasteiger partial charge in [0.15, 0.2) is 0 Å². The number of benzene rings is 1. The average molecular weight is 231 g/mol. The molecule has 2 atom stereocenters. The Bertz CT molecular complexity index is 364. The van der Waals surface area contributed by atoms with E-state index in [-0.39, 0.29) is 6.04 Å². The van der Waals surface area contributed by atoms with E-state index in [4.69, 9.17) is 11.2 Å². The van der Waals surface area contributed by atoms with Gasteiger partial charge in [0.25, 0.3) is 0 Å². The van der Waals surface area contributed by atoms with E-state index in [0.717, 1.165) is 18.6 Å². The molecule has 0 fully saturated rings. The van der Waals surface area contributed by atoms with Gasteiger partial charge in [0.2, 0.25) is 0 Å². The number of hydrogen-bond donors (Lipinski definition) is 1. The zero-order valence-corrected chi connectivity index (χ0v) is 10.9. The van der Waals surface area contributed by atoms with Crippen LogP contribution < -0.4 is 10.1 Å². The van der Waals surface area contributed by atoms with Crippen molar-refractivity contribution in [2.45, 2.75) is 38.8 Å². The van der Waals surface area contributed by atoms with Crippen LogP contribution in [0.3, 0.4) is 0 Å². The largest absolute Gasteiger partial charge is 0.497 e. The molecule has 2 heteroatoms. The fraction of sp³-hybridized carbons (Fsp3) is 0.467. The highest BCUT2D eigenvalue weighted by molar-refractivity contribution is 5.29. The van der Waals surface area contributed by atoms with Crippen LogP contribution in [0.2, 0.25) is 0 Å². The van der Waals surface area contributed by atoms with E-state index in [1.807, 2.05) is 12.1 Å². The Balaban J connectivity index is 2.75. The second-order valence-electron chi connectivity index (χ2n) is 4.03. The van der Waals surface area contributed by atoms with E-state index >= 15 is 0 Å². The van der Waals surface area contributed by atoms with Gasteiger partial charge < -0.3 is 4.74 Å². The fourth-order valence-corrected chi connectivity index (χ4v) is 1.81. The van der Waals surface area contributed by atoms with Gasteiger partial charge in [-0.1, -0.05) is 31.9 Å². The molecule has 0 bridgehead atoms. The van der Waals surface area contributed by atoms with Gasteiger partial charge in [0.05, 0.1) is 13.2 Å². The highest BCUT2D eigenvalue weighted by Gasteiger charge is 2.12. The number of nitrogens with one attached hydrogen (secondary N) is 1. The van der Waals surface area contributed by atoms with Gasteiger partial charge in [0, 0.05) is 6.04 Å². The maximum atomic E-state index is 5.48. The van der Waals surface area contributed by atoms with Gasteiger partial charge in [-0.25, -0.2) is 0 Å². The summed E-state index contributed by atoms with van der Waals surface area (Å²) in [5.41, 5.74) is 1.25. The van der Waals surface area contributed by atoms with Crippen LogP contribution in [0.25, 0.3) is 0 Å². The minimum atomic E-state index is 0.141. The second kappa shape index (κ2) is 6.98. The Morgan fingerprint density at radius 3 is 2.29 bits per heavy atom. The normalized spacial score (nSPS) is 13.8. The summed E-state index contributed by atoms with van der Waals surface area (Å²) in [6, 6.07) is 8.59. The first-order chi connectivity index (χ1) is 8.24. The number of ether oxygens (including phenoxy) is 1. The summed E-state index contributed by atoms with van der Waals surface area (Å²) >= 11 is 0. The molecule has 17 heavy (non-hydrogen) atoms. The molecule has 0 spiro atoms. The lowest BCUT2D eigenvalue weighted by atomic mass is 10.0. The van der Waals surface area contributed by atoms with E-state index in [0.29, 0.717) is 6.04 Å². The first-order valence-corrected chi connectivity index (χ1v) is 6.11. The number of rotatable bonds is 6. The number of hydrogen-bond acceptors (Lipinski definition) is 2. The predicted octanol–water partition coefficient (Wildman–Crippen LogP) is 3.15. The van der Waals surface area contributed by atoms with Gasteiger partial charge in [-0.3, -0.25) is 5.32 Å². The second-order valence-corrected chi connectivity index (χ2v) is 4.03. The summed E-state index contributed by atoms with van der Waals surface area (Å²) in [7, 11) is 1.68. The van der Waals surface area contributed by atoms with E-state index in [1.54, 1.807) is 7.11 Å². The van der Waals surface area contributed by atoms with Crippen LogP contribution in [0, 0.1) is 12.3 Å². The van der Waals surface area contributed by atoms with Crippen LogP contribution in [-0.2, 0) is 0 Å². The summed E-state index contributed by atoms with van der Waals surface area (Å²) < 4.78 is 5.15. The van der Waals surface area contributed by atoms with Gasteiger partial charge in [-0.05, 0) is 30.5 Å². The minimum Gasteiger partial charge on any atom is -0.497 e. The van der Waals surface area contributed by atoms with Crippen molar-refractivity contribution >= 4 is 0 Å². The zero-order valence-electron chi connectivity index (χ0n) is 10.9. The summed E-state index contributed by atoms with van der Waals surface area (Å²) in [5.74, 6) is 3.66. The summed E-state index contributed by atoms with van der Waals surface area (Å²) in [6.45, 7) is 4.25. The minimum absolute atomic E-state index is 0.141. The van der Waals surface area contributed by atoms with E-state index in [2.05, 4.69) is 37.2 Å². The third-order valence-corrected chi connectivity index (χ3v) is 2.94. The molecule has 0 saturated heterocycles. The molecule has 1 rings (SSSR count). The quantitative estimate of drug-likeness (QED) is 0.759. The number of methoxy groups -OCH3 is 1. The van der Waals surface area contributed by atoms with Crippen LogP contribution in [0.15, 0.2) is 24.3 Å². The molecule has 0 heterocycles. The molecule has 2 unspecified atom stereocenters. The predicted molar refractivity (Wildman–Crippen MR) is 72.1 cm³/mol. The SMILES string of the molecule is C#CC(CC)NC(CC)c1ccc(OC)cc1. The summed E-state index contributed by atoms with van der Waals surface area (Å²) in [6.07, 6.45) is 7.44. The van der Waals surface area contributed by atoms with Crippen molar-refractivity contribution in [3.63, 3.8) is 0 Å². The Hall–Kier alpha value is -1.46. The van der Waals surface area contributed by atoms with Crippen LogP contribution in [0.5, 0.6) is 5.75 Å². The van der Waals surface area contributed by atoms with Gasteiger partial charge in [-0.15, -0.1) is 6.42 Å². The lowest BCUT2D eigenvalue weighted by Crippen LogP contribution is -2.30. The van der Waals surface area contributed by atoms with Crippen molar-refractivity contribution in [1.29, 1.82) is 0 Å². The standard InChI is InChI=1S/C15H21NO/c1-5-13(6-2)16-15(7-3)12-8-10-14(17-4)11-9-12/h1,8-11,13,15-16H,6-7H2,2-4H3. The zero-order chi connectivity index (χ0) is 12.7. The van der Waals surface area contributed by atoms with Gasteiger partial charge in [-0.2, -0.15) is 0 Å². The smallest absolute Gasteiger partial charge is 0.118 e. The molecular weight excluding hydrogens is 210 g/mol. The molecular formula is C15H21NO. The van der Waals surface area contributed by atoms with Crippen LogP contribution >= 0.6 is 0 Å². The lowest BCUT2D eigenvalue weighted by Gasteiger charge is -2.21. The Kier molecular flexibility index (Phi) is 5.59. The molecule has 0 radical (unpaired) electrons. The lowest BCUT2D eigenvalue weighted by molar-refractivity contribution is 0.413. The molecule has 0 aliphatic heterocycles. The fourth-order valence-electron chi connectivity index (χ4n) is 1.81. The van der Waals surface area contributed by atoms with Crippen molar-refractivity contribution in [1.82, 2.24) is 5.32 Å². The van der Waals surface area contributed by atoms with Crippen molar-refractivity contribution in [2.24, 2.45) is 0 Å². The molecule has 92 valence electrons. The third-order valence-electron chi connectivity index (χ3n) is 2.94. The molecule has 0 aromatic heterocycles. The maximum Gasteiger partial charge on any atom is 0.118 e. The van der Waals surface area contributed by atoms with Crippen molar-refractivity contribution in [3.05, 3.63) is 29.8 Å². The first-order valence-electron chi connectivity index (χ1n) is 6.11. The summed E-state index contributed by atoms with van der Waals surface area (Å²) in [5, 5.41) is 3.48. The van der Waals surface area contributed by atoms with Crippen molar-refractivity contribution < 1.29 is 4.74 Å². The molecule has 2 nitrogen and oxygen atoms in total. The highest BCUT2D eigenvalue weighted by Crippen LogP contribution is 2.20. The monoisotopic (exact) mass is 231 g/mol. The van der Waals surface area contributed by atoms with Crippen LogP contribution in [0.1, 0.15) is 38.3 Å². The average Bonchev–Trinajstić information content (AvgIpc) is 2.40. The van der Waals surface area contributed by atoms with E-state index in [1.165, 1.54) is 5.56 Å². The molecule has 0 saturated carbocycles. The topological polar surface area (TPSA) is 21.3 Å². The molecule has 0 amide bonds. The van der Waals surface area contributed by atoms with Gasteiger partial charge >= 0.3 is 0 Å². The number of terminal acetylenes is 1. The Labute approximate surface area is 104 Å². The molecule has 1 aromatic rings. The maximum absolute atomic E-state index is 5.48. The molecule has 0 aliphatic rings. The van der Waals surface area contributed by atoms with E-state index < -0.39 is 0 Å². The Morgan fingerprint density at radius 2 is 1.88 bits per heavy atom. The summed E-state index contributed by atoms with van der Waals surface area (Å²) in [4.78, 5) is 0. The third kappa shape index (κ3) is 3.80. The first kappa shape index (κ1) is 13.6. The van der Waals surface area contributed by atoms with Crippen molar-refractivity contribution in [2.75, 3.05) is 7.11 Å². The molecule has 1 aromatic carbocycles.